The molecule has 252 valence electrons. The SMILES string of the molecule is Cc1ccc(N(c2ccc(C3=CCC(N(c4ccc(Br)cc4)c4ccccc4-c4ccccc4)C=C3)cc2)c2ccccc2-c2ccccc2)cc1. The van der Waals surface area contributed by atoms with Crippen LogP contribution in [0.1, 0.15) is 17.5 Å². The van der Waals surface area contributed by atoms with E-state index in [0.717, 1.165) is 33.6 Å². The number of anilines is 5. The average Bonchev–Trinajstić information content (AvgIpc) is 3.21. The fourth-order valence-corrected chi connectivity index (χ4v) is 7.39. The van der Waals surface area contributed by atoms with Crippen molar-refractivity contribution >= 4 is 49.9 Å². The van der Waals surface area contributed by atoms with Crippen molar-refractivity contribution in [3.8, 4) is 22.3 Å². The van der Waals surface area contributed by atoms with Crippen molar-refractivity contribution in [3.05, 3.63) is 216 Å². The number of hydrogen-bond acceptors (Lipinski definition) is 2. The van der Waals surface area contributed by atoms with Crippen LogP contribution in [0.4, 0.5) is 28.4 Å². The van der Waals surface area contributed by atoms with Gasteiger partial charge in [-0.15, -0.1) is 0 Å². The van der Waals surface area contributed by atoms with Crippen LogP contribution >= 0.6 is 15.9 Å². The summed E-state index contributed by atoms with van der Waals surface area (Å²) in [5.74, 6) is 0. The van der Waals surface area contributed by atoms with Crippen LogP contribution < -0.4 is 9.80 Å². The zero-order valence-corrected chi connectivity index (χ0v) is 30.7. The van der Waals surface area contributed by atoms with Crippen LogP contribution in [-0.2, 0) is 0 Å². The van der Waals surface area contributed by atoms with E-state index in [1.165, 1.54) is 44.6 Å². The van der Waals surface area contributed by atoms with Gasteiger partial charge in [-0.1, -0.05) is 161 Å². The zero-order chi connectivity index (χ0) is 35.3. The molecular weight excluding hydrogens is 696 g/mol. The molecule has 0 saturated heterocycles. The molecule has 1 aliphatic carbocycles. The van der Waals surface area contributed by atoms with E-state index in [1.54, 1.807) is 0 Å². The Morgan fingerprint density at radius 2 is 0.981 bits per heavy atom. The lowest BCUT2D eigenvalue weighted by molar-refractivity contribution is 0.787. The number of aryl methyl sites for hydroxylation is 1. The highest BCUT2D eigenvalue weighted by atomic mass is 79.9. The molecule has 0 spiro atoms. The summed E-state index contributed by atoms with van der Waals surface area (Å²) >= 11 is 3.64. The summed E-state index contributed by atoms with van der Waals surface area (Å²) in [6.45, 7) is 2.14. The summed E-state index contributed by atoms with van der Waals surface area (Å²) in [5, 5.41) is 0. The highest BCUT2D eigenvalue weighted by Crippen LogP contribution is 2.42. The molecule has 7 aromatic carbocycles. The molecule has 0 amide bonds. The van der Waals surface area contributed by atoms with Gasteiger partial charge in [0.05, 0.1) is 11.7 Å². The largest absolute Gasteiger partial charge is 0.334 e. The predicted octanol–water partition coefficient (Wildman–Crippen LogP) is 14.1. The lowest BCUT2D eigenvalue weighted by atomic mass is 9.94. The Hall–Kier alpha value is -5.90. The van der Waals surface area contributed by atoms with Crippen LogP contribution in [0, 0.1) is 6.92 Å². The third-order valence-corrected chi connectivity index (χ3v) is 10.3. The summed E-state index contributed by atoms with van der Waals surface area (Å²) in [4.78, 5) is 4.85. The molecule has 0 radical (unpaired) electrons. The normalized spacial score (nSPS) is 13.7. The van der Waals surface area contributed by atoms with Crippen molar-refractivity contribution in [1.29, 1.82) is 0 Å². The van der Waals surface area contributed by atoms with E-state index in [0.29, 0.717) is 0 Å². The van der Waals surface area contributed by atoms with Gasteiger partial charge in [0.25, 0.3) is 0 Å². The molecule has 8 rings (SSSR count). The molecule has 1 unspecified atom stereocenters. The van der Waals surface area contributed by atoms with Gasteiger partial charge >= 0.3 is 0 Å². The molecule has 0 bridgehead atoms. The van der Waals surface area contributed by atoms with Crippen molar-refractivity contribution < 1.29 is 0 Å². The van der Waals surface area contributed by atoms with E-state index in [-0.39, 0.29) is 6.04 Å². The third kappa shape index (κ3) is 7.01. The Morgan fingerprint density at radius 1 is 0.481 bits per heavy atom. The Balaban J connectivity index is 1.11. The molecule has 2 nitrogen and oxygen atoms in total. The van der Waals surface area contributed by atoms with Gasteiger partial charge < -0.3 is 9.80 Å². The Morgan fingerprint density at radius 3 is 1.56 bits per heavy atom. The van der Waals surface area contributed by atoms with Crippen molar-refractivity contribution in [3.63, 3.8) is 0 Å². The summed E-state index contributed by atoms with van der Waals surface area (Å²) in [6.07, 6.45) is 7.93. The second-order valence-electron chi connectivity index (χ2n) is 13.2. The predicted molar refractivity (Wildman–Crippen MR) is 225 cm³/mol. The van der Waals surface area contributed by atoms with Crippen LogP contribution in [0.3, 0.4) is 0 Å². The van der Waals surface area contributed by atoms with E-state index in [1.807, 2.05) is 0 Å². The van der Waals surface area contributed by atoms with Crippen LogP contribution in [-0.4, -0.2) is 6.04 Å². The topological polar surface area (TPSA) is 6.48 Å². The maximum absolute atomic E-state index is 3.64. The monoisotopic (exact) mass is 734 g/mol. The van der Waals surface area contributed by atoms with Gasteiger partial charge in [0.1, 0.15) is 0 Å². The van der Waals surface area contributed by atoms with Gasteiger partial charge in [-0.3, -0.25) is 0 Å². The molecule has 0 heterocycles. The average molecular weight is 736 g/mol. The fraction of sp³-hybridized carbons (Fsp3) is 0.0612. The van der Waals surface area contributed by atoms with Gasteiger partial charge in [0.2, 0.25) is 0 Å². The molecule has 0 saturated carbocycles. The third-order valence-electron chi connectivity index (χ3n) is 9.74. The molecule has 0 fully saturated rings. The van der Waals surface area contributed by atoms with Gasteiger partial charge in [0, 0.05) is 38.3 Å². The van der Waals surface area contributed by atoms with Crippen LogP contribution in [0.15, 0.2) is 205 Å². The molecule has 3 heteroatoms. The first-order valence-electron chi connectivity index (χ1n) is 17.8. The highest BCUT2D eigenvalue weighted by molar-refractivity contribution is 9.10. The summed E-state index contributed by atoms with van der Waals surface area (Å²) in [7, 11) is 0. The van der Waals surface area contributed by atoms with Gasteiger partial charge in [-0.2, -0.15) is 0 Å². The van der Waals surface area contributed by atoms with Gasteiger partial charge in [0.15, 0.2) is 0 Å². The van der Waals surface area contributed by atoms with Crippen molar-refractivity contribution in [2.75, 3.05) is 9.80 Å². The number of benzene rings is 7. The summed E-state index contributed by atoms with van der Waals surface area (Å²) in [6, 6.07) is 65.4. The van der Waals surface area contributed by atoms with Crippen LogP contribution in [0.25, 0.3) is 27.8 Å². The van der Waals surface area contributed by atoms with E-state index < -0.39 is 0 Å². The minimum absolute atomic E-state index is 0.153. The molecule has 52 heavy (non-hydrogen) atoms. The molecule has 1 atom stereocenters. The van der Waals surface area contributed by atoms with Gasteiger partial charge in [-0.25, -0.2) is 0 Å². The van der Waals surface area contributed by atoms with Gasteiger partial charge in [-0.05, 0) is 96.3 Å². The van der Waals surface area contributed by atoms with Crippen LogP contribution in [0.2, 0.25) is 0 Å². The maximum Gasteiger partial charge on any atom is 0.0560 e. The summed E-state index contributed by atoms with van der Waals surface area (Å²) in [5.41, 5.74) is 14.3. The number of halogens is 1. The smallest absolute Gasteiger partial charge is 0.0560 e. The van der Waals surface area contributed by atoms with E-state index in [2.05, 4.69) is 233 Å². The van der Waals surface area contributed by atoms with Crippen molar-refractivity contribution in [1.82, 2.24) is 0 Å². The molecule has 0 N–H and O–H groups in total. The number of nitrogens with zero attached hydrogens (tertiary/aromatic N) is 2. The Kier molecular flexibility index (Phi) is 9.69. The maximum atomic E-state index is 3.64. The zero-order valence-electron chi connectivity index (χ0n) is 29.1. The standard InChI is InChI=1S/C49H39BrN2/c1-36-20-28-42(29-21-36)51(48-18-10-8-16-46(48)39-12-4-2-5-13-39)43-30-22-37(23-31-43)38-24-32-44(33-25-38)52(45-34-26-41(50)27-35-45)49-19-11-9-17-47(49)40-14-6-3-7-15-40/h2-32,34-35,44H,33H2,1H3. The second kappa shape index (κ2) is 15.1. The number of rotatable bonds is 9. The first-order chi connectivity index (χ1) is 25.6. The van der Waals surface area contributed by atoms with E-state index in [9.17, 15) is 0 Å². The van der Waals surface area contributed by atoms with E-state index >= 15 is 0 Å². The number of allylic oxidation sites excluding steroid dienone is 2. The quantitative estimate of drug-likeness (QED) is 0.146. The minimum atomic E-state index is 0.153. The molecule has 0 aromatic heterocycles. The lowest BCUT2D eigenvalue weighted by Gasteiger charge is -2.35. The number of hydrogen-bond donors (Lipinski definition) is 0. The summed E-state index contributed by atoms with van der Waals surface area (Å²) < 4.78 is 1.07. The second-order valence-corrected chi connectivity index (χ2v) is 14.1. The van der Waals surface area contributed by atoms with Crippen molar-refractivity contribution in [2.24, 2.45) is 0 Å². The van der Waals surface area contributed by atoms with Crippen LogP contribution in [0.5, 0.6) is 0 Å². The van der Waals surface area contributed by atoms with E-state index in [4.69, 9.17) is 0 Å². The Labute approximate surface area is 315 Å². The first-order valence-corrected chi connectivity index (χ1v) is 18.6. The lowest BCUT2D eigenvalue weighted by Crippen LogP contribution is -2.30. The highest BCUT2D eigenvalue weighted by Gasteiger charge is 2.24. The molecular formula is C49H39BrN2. The van der Waals surface area contributed by atoms with Crippen molar-refractivity contribution in [2.45, 2.75) is 19.4 Å². The molecule has 0 aliphatic heterocycles. The molecule has 1 aliphatic rings. The number of para-hydroxylation sites is 2. The minimum Gasteiger partial charge on any atom is -0.334 e. The first kappa shape index (κ1) is 33.3. The Bertz CT molecular complexity index is 2330. The molecule has 7 aromatic rings. The fourth-order valence-electron chi connectivity index (χ4n) is 7.13.